The summed E-state index contributed by atoms with van der Waals surface area (Å²) in [5, 5.41) is 10.3. The molecule has 0 radical (unpaired) electrons. The lowest BCUT2D eigenvalue weighted by atomic mass is 9.96. The largest absolute Gasteiger partial charge is 0.466 e. The van der Waals surface area contributed by atoms with E-state index in [0.29, 0.717) is 12.8 Å². The lowest BCUT2D eigenvalue weighted by Crippen LogP contribution is -2.46. The normalized spacial score (nSPS) is 13.5. The summed E-state index contributed by atoms with van der Waals surface area (Å²) in [6, 6.07) is -1.08. The summed E-state index contributed by atoms with van der Waals surface area (Å²) in [4.78, 5) is 46.3. The van der Waals surface area contributed by atoms with Crippen LogP contribution in [0.4, 0.5) is 0 Å². The van der Waals surface area contributed by atoms with Gasteiger partial charge in [0.2, 0.25) is 0 Å². The van der Waals surface area contributed by atoms with Crippen LogP contribution in [0.1, 0.15) is 168 Å². The fourth-order valence-corrected chi connectivity index (χ4v) is 4.91. The molecule has 0 aliphatic heterocycles. The molecule has 2 unspecified atom stereocenters. The van der Waals surface area contributed by atoms with Crippen LogP contribution in [-0.2, 0) is 14.2 Å². The standard InChI is InChI=1S/C38H67NO3.H3O4P/c1-3-5-7-9-11-13-15-17-19-21-23-25-27-29-31-33-35(40)37(39)38(42)36(41)34-32-30-28-26-24-22-20-18-16-14-12-10-8-6-4-2;1-5(2,3)4/h11-14,17-20,37-38,42H,3-10,15-16,21-34,39H2,1-2H3;(H3,1,2,3,4)/b13-11-,14-12-,19-17-,20-18-;. The number of Topliss-reactive ketones (excluding diaryl/α,β-unsaturated/α-hetero) is 2. The quantitative estimate of drug-likeness (QED) is 0.0275. The van der Waals surface area contributed by atoms with Crippen molar-refractivity contribution < 1.29 is 33.9 Å². The van der Waals surface area contributed by atoms with Gasteiger partial charge >= 0.3 is 7.82 Å². The van der Waals surface area contributed by atoms with Crippen molar-refractivity contribution in [3.05, 3.63) is 48.6 Å². The first-order valence-electron chi connectivity index (χ1n) is 18.4. The molecule has 0 fully saturated rings. The van der Waals surface area contributed by atoms with Gasteiger partial charge in [-0.1, -0.05) is 127 Å². The monoisotopic (exact) mass is 683 g/mol. The highest BCUT2D eigenvalue weighted by atomic mass is 31.2. The van der Waals surface area contributed by atoms with E-state index in [9.17, 15) is 14.7 Å². The number of hydrogen-bond acceptors (Lipinski definition) is 5. The molecule has 0 aromatic heterocycles. The van der Waals surface area contributed by atoms with Crippen molar-refractivity contribution in [2.45, 2.75) is 180 Å². The van der Waals surface area contributed by atoms with Crippen molar-refractivity contribution in [1.29, 1.82) is 0 Å². The number of ketones is 2. The SMILES string of the molecule is CCCCC/C=C\C/C=C\CCCCCCCC(=O)C(N)C(O)C(=O)CCCCCCC/C=C\C/C=C\CCCCC.O=P(O)(O)O. The Morgan fingerprint density at radius 2 is 0.830 bits per heavy atom. The second-order valence-corrected chi connectivity index (χ2v) is 13.4. The molecular formula is C38H70NO7P. The summed E-state index contributed by atoms with van der Waals surface area (Å²) in [5.74, 6) is -0.483. The summed E-state index contributed by atoms with van der Waals surface area (Å²) in [6.45, 7) is 4.47. The number of aliphatic hydroxyl groups excluding tert-OH is 1. The average molecular weight is 684 g/mol. The highest BCUT2D eigenvalue weighted by Crippen LogP contribution is 2.25. The van der Waals surface area contributed by atoms with Crippen LogP contribution in [0.15, 0.2) is 48.6 Å². The first kappa shape index (κ1) is 47.4. The Kier molecular flexibility index (Phi) is 36.0. The van der Waals surface area contributed by atoms with Gasteiger partial charge in [-0.15, -0.1) is 0 Å². The summed E-state index contributed by atoms with van der Waals surface area (Å²) >= 11 is 0. The molecule has 9 heteroatoms. The second kappa shape index (κ2) is 35.6. The average Bonchev–Trinajstić information content (AvgIpc) is 3.03. The lowest BCUT2D eigenvalue weighted by molar-refractivity contribution is -0.134. The molecule has 0 heterocycles. The Hall–Kier alpha value is -1.67. The van der Waals surface area contributed by atoms with E-state index >= 15 is 0 Å². The molecule has 0 rings (SSSR count). The van der Waals surface area contributed by atoms with Crippen molar-refractivity contribution in [3.8, 4) is 0 Å². The predicted octanol–water partition coefficient (Wildman–Crippen LogP) is 9.51. The van der Waals surface area contributed by atoms with E-state index in [4.69, 9.17) is 25.0 Å². The van der Waals surface area contributed by atoms with Crippen LogP contribution in [0.5, 0.6) is 0 Å². The van der Waals surface area contributed by atoms with Gasteiger partial charge in [0.1, 0.15) is 6.10 Å². The number of phosphoric acid groups is 1. The Balaban J connectivity index is 0. The molecule has 0 aromatic carbocycles. The number of rotatable bonds is 31. The van der Waals surface area contributed by atoms with Crippen LogP contribution in [0.3, 0.4) is 0 Å². The Bertz CT molecular complexity index is 824. The molecule has 2 atom stereocenters. The van der Waals surface area contributed by atoms with Gasteiger partial charge < -0.3 is 25.5 Å². The van der Waals surface area contributed by atoms with Gasteiger partial charge in [0.25, 0.3) is 0 Å². The number of allylic oxidation sites excluding steroid dienone is 8. The van der Waals surface area contributed by atoms with Crippen LogP contribution in [0.2, 0.25) is 0 Å². The molecule has 0 aliphatic rings. The van der Waals surface area contributed by atoms with Crippen molar-refractivity contribution in [2.24, 2.45) is 5.73 Å². The zero-order chi connectivity index (χ0) is 35.4. The van der Waals surface area contributed by atoms with Crippen LogP contribution in [0.25, 0.3) is 0 Å². The number of carbonyl (C=O) groups excluding carboxylic acids is 2. The maximum Gasteiger partial charge on any atom is 0.466 e. The van der Waals surface area contributed by atoms with E-state index in [1.54, 1.807) is 0 Å². The van der Waals surface area contributed by atoms with Crippen molar-refractivity contribution in [2.75, 3.05) is 0 Å². The topological polar surface area (TPSA) is 158 Å². The minimum atomic E-state index is -4.64. The van der Waals surface area contributed by atoms with Crippen LogP contribution < -0.4 is 5.73 Å². The summed E-state index contributed by atoms with van der Waals surface area (Å²) in [5.41, 5.74) is 5.93. The van der Waals surface area contributed by atoms with E-state index in [2.05, 4.69) is 62.5 Å². The molecule has 6 N–H and O–H groups in total. The number of unbranched alkanes of at least 4 members (excludes halogenated alkanes) is 16. The minimum absolute atomic E-state index is 0.193. The molecule has 0 bridgehead atoms. The van der Waals surface area contributed by atoms with Gasteiger partial charge in [0.15, 0.2) is 11.6 Å². The second-order valence-electron chi connectivity index (χ2n) is 12.4. The molecule has 0 aromatic rings. The maximum atomic E-state index is 12.4. The van der Waals surface area contributed by atoms with E-state index in [1.165, 1.54) is 64.2 Å². The van der Waals surface area contributed by atoms with Crippen LogP contribution >= 0.6 is 7.82 Å². The van der Waals surface area contributed by atoms with Gasteiger partial charge in [-0.3, -0.25) is 9.59 Å². The first-order chi connectivity index (χ1) is 22.5. The molecule has 0 spiro atoms. The fourth-order valence-electron chi connectivity index (χ4n) is 4.91. The molecule has 47 heavy (non-hydrogen) atoms. The number of aliphatic hydroxyl groups is 1. The van der Waals surface area contributed by atoms with Crippen molar-refractivity contribution in [1.82, 2.24) is 0 Å². The minimum Gasteiger partial charge on any atom is -0.383 e. The van der Waals surface area contributed by atoms with Gasteiger partial charge in [0, 0.05) is 12.8 Å². The van der Waals surface area contributed by atoms with Gasteiger partial charge in [-0.2, -0.15) is 0 Å². The molecular weight excluding hydrogens is 613 g/mol. The van der Waals surface area contributed by atoms with E-state index in [0.717, 1.165) is 77.0 Å². The zero-order valence-corrected chi connectivity index (χ0v) is 30.7. The fraction of sp³-hybridized carbons (Fsp3) is 0.737. The molecule has 274 valence electrons. The maximum absolute atomic E-state index is 12.4. The summed E-state index contributed by atoms with van der Waals surface area (Å²) in [6.07, 6.45) is 42.2. The van der Waals surface area contributed by atoms with Crippen molar-refractivity contribution in [3.63, 3.8) is 0 Å². The van der Waals surface area contributed by atoms with Crippen molar-refractivity contribution >= 4 is 19.4 Å². The molecule has 0 saturated carbocycles. The molecule has 0 aliphatic carbocycles. The van der Waals surface area contributed by atoms with Gasteiger partial charge in [-0.25, -0.2) is 4.57 Å². The van der Waals surface area contributed by atoms with Crippen LogP contribution in [-0.4, -0.2) is 43.5 Å². The third-order valence-electron chi connectivity index (χ3n) is 7.79. The number of hydrogen-bond donors (Lipinski definition) is 5. The number of nitrogens with two attached hydrogens (primary N) is 1. The first-order valence-corrected chi connectivity index (χ1v) is 20.0. The zero-order valence-electron chi connectivity index (χ0n) is 29.8. The third-order valence-corrected chi connectivity index (χ3v) is 7.79. The molecule has 8 nitrogen and oxygen atoms in total. The Labute approximate surface area is 287 Å². The number of carbonyl (C=O) groups is 2. The molecule has 0 saturated heterocycles. The predicted molar refractivity (Wildman–Crippen MR) is 197 cm³/mol. The van der Waals surface area contributed by atoms with E-state index in [-0.39, 0.29) is 11.6 Å². The smallest absolute Gasteiger partial charge is 0.383 e. The van der Waals surface area contributed by atoms with E-state index < -0.39 is 20.0 Å². The highest BCUT2D eigenvalue weighted by molar-refractivity contribution is 7.45. The highest BCUT2D eigenvalue weighted by Gasteiger charge is 2.27. The summed E-state index contributed by atoms with van der Waals surface area (Å²) in [7, 11) is -4.64. The van der Waals surface area contributed by atoms with Gasteiger partial charge in [-0.05, 0) is 77.0 Å². The Morgan fingerprint density at radius 3 is 1.19 bits per heavy atom. The van der Waals surface area contributed by atoms with Crippen LogP contribution in [0, 0.1) is 0 Å². The molecule has 0 amide bonds. The lowest BCUT2D eigenvalue weighted by Gasteiger charge is -2.16. The van der Waals surface area contributed by atoms with Gasteiger partial charge in [0.05, 0.1) is 6.04 Å². The van der Waals surface area contributed by atoms with E-state index in [1.807, 2.05) is 0 Å². The Morgan fingerprint density at radius 1 is 0.532 bits per heavy atom. The summed E-state index contributed by atoms with van der Waals surface area (Å²) < 4.78 is 8.88. The third kappa shape index (κ3) is 40.4.